The van der Waals surface area contributed by atoms with Gasteiger partial charge in [0, 0.05) is 5.54 Å². The van der Waals surface area contributed by atoms with E-state index in [9.17, 15) is 0 Å². The molecule has 0 aliphatic carbocycles. The fraction of sp³-hybridized carbons (Fsp3) is 0.467. The summed E-state index contributed by atoms with van der Waals surface area (Å²) in [5, 5.41) is 0. The van der Waals surface area contributed by atoms with Gasteiger partial charge in [-0.25, -0.2) is 0 Å². The van der Waals surface area contributed by atoms with Crippen LogP contribution in [0.5, 0.6) is 0 Å². The van der Waals surface area contributed by atoms with E-state index in [1.54, 1.807) is 0 Å². The van der Waals surface area contributed by atoms with Gasteiger partial charge in [0.15, 0.2) is 7.83 Å². The minimum Gasteiger partial charge on any atom is -0.404 e. The summed E-state index contributed by atoms with van der Waals surface area (Å²) in [6, 6.07) is 0. The molecule has 1 heterocycles. The first kappa shape index (κ1) is 16.6. The molecule has 0 radical (unpaired) electrons. The second-order valence-corrected chi connectivity index (χ2v) is 32.7. The van der Waals surface area contributed by atoms with Gasteiger partial charge in [-0.15, -0.1) is 13.2 Å². The highest BCUT2D eigenvalue weighted by atomic mass is 29.6. The van der Waals surface area contributed by atoms with Gasteiger partial charge in [0.2, 0.25) is 0 Å². The van der Waals surface area contributed by atoms with Crippen LogP contribution in [0.1, 0.15) is 0 Å². The summed E-state index contributed by atoms with van der Waals surface area (Å²) >= 11 is 0. The van der Waals surface area contributed by atoms with Gasteiger partial charge in [-0.3, -0.25) is 0 Å². The number of rotatable bonds is 4. The third kappa shape index (κ3) is 1.96. The lowest BCUT2D eigenvalue weighted by Crippen LogP contribution is -2.80. The van der Waals surface area contributed by atoms with Crippen LogP contribution in [0.25, 0.3) is 0 Å². The fourth-order valence-electron chi connectivity index (χ4n) is 3.35. The predicted molar refractivity (Wildman–Crippen MR) is 94.9 cm³/mol. The molecule has 1 aliphatic rings. The standard InChI is InChI=1S/C15H28OSi3/c1-10-14-15(11-2,12-3)16-19(9,13-4)18(7,8)17(14,5)6/h10-14H,1-4H2,5-9H3. The van der Waals surface area contributed by atoms with E-state index in [2.05, 4.69) is 70.8 Å². The highest BCUT2D eigenvalue weighted by Gasteiger charge is 2.66. The highest BCUT2D eigenvalue weighted by Crippen LogP contribution is 2.52. The van der Waals surface area contributed by atoms with Crippen molar-refractivity contribution in [2.75, 3.05) is 0 Å². The summed E-state index contributed by atoms with van der Waals surface area (Å²) in [6.45, 7) is 28.5. The quantitative estimate of drug-likeness (QED) is 0.546. The van der Waals surface area contributed by atoms with E-state index < -0.39 is 28.1 Å². The average Bonchev–Trinajstić information content (AvgIpc) is 2.36. The molecule has 2 unspecified atom stereocenters. The molecule has 2 atom stereocenters. The van der Waals surface area contributed by atoms with Crippen molar-refractivity contribution in [2.24, 2.45) is 0 Å². The normalized spacial score (nSPS) is 35.1. The molecular weight excluding hydrogens is 280 g/mol. The van der Waals surface area contributed by atoms with Crippen molar-refractivity contribution in [2.45, 2.75) is 43.9 Å². The molecule has 1 rings (SSSR count). The zero-order valence-corrected chi connectivity index (χ0v) is 16.1. The van der Waals surface area contributed by atoms with Crippen LogP contribution in [-0.4, -0.2) is 28.1 Å². The van der Waals surface area contributed by atoms with Gasteiger partial charge < -0.3 is 4.43 Å². The van der Waals surface area contributed by atoms with Crippen molar-refractivity contribution in [3.05, 3.63) is 50.2 Å². The molecule has 0 amide bonds. The van der Waals surface area contributed by atoms with Gasteiger partial charge in [0.1, 0.15) is 0 Å². The lowest BCUT2D eigenvalue weighted by molar-refractivity contribution is 0.169. The summed E-state index contributed by atoms with van der Waals surface area (Å²) in [5.74, 6) is 0. The highest BCUT2D eigenvalue weighted by molar-refractivity contribution is 7.69. The maximum Gasteiger partial charge on any atom is 0.198 e. The lowest BCUT2D eigenvalue weighted by Gasteiger charge is -2.61. The molecule has 1 aliphatic heterocycles. The van der Waals surface area contributed by atoms with Crippen LogP contribution in [0.4, 0.5) is 0 Å². The van der Waals surface area contributed by atoms with Crippen molar-refractivity contribution in [3.8, 4) is 0 Å². The second-order valence-electron chi connectivity index (χ2n) is 6.74. The van der Waals surface area contributed by atoms with Crippen LogP contribution in [0.3, 0.4) is 0 Å². The Labute approximate surface area is 121 Å². The van der Waals surface area contributed by atoms with Crippen molar-refractivity contribution in [1.82, 2.24) is 0 Å². The van der Waals surface area contributed by atoms with E-state index in [1.165, 1.54) is 0 Å². The Balaban J connectivity index is 3.62. The molecule has 0 aromatic carbocycles. The van der Waals surface area contributed by atoms with Gasteiger partial charge >= 0.3 is 0 Å². The Hall–Kier alpha value is -0.429. The number of hydrogen-bond acceptors (Lipinski definition) is 1. The van der Waals surface area contributed by atoms with Crippen molar-refractivity contribution >= 4 is 22.5 Å². The van der Waals surface area contributed by atoms with E-state index in [4.69, 9.17) is 4.43 Å². The average molecular weight is 309 g/mol. The van der Waals surface area contributed by atoms with Gasteiger partial charge in [-0.2, -0.15) is 0 Å². The van der Waals surface area contributed by atoms with Gasteiger partial charge in [0.25, 0.3) is 0 Å². The zero-order valence-electron chi connectivity index (χ0n) is 13.1. The number of hydrogen-bond donors (Lipinski definition) is 0. The molecule has 0 N–H and O–H groups in total. The maximum atomic E-state index is 6.67. The molecule has 0 saturated carbocycles. The maximum absolute atomic E-state index is 6.67. The molecule has 1 nitrogen and oxygen atoms in total. The molecule has 1 saturated heterocycles. The molecule has 19 heavy (non-hydrogen) atoms. The molecule has 1 fully saturated rings. The molecule has 106 valence electrons. The second kappa shape index (κ2) is 4.84. The molecule has 4 heteroatoms. The molecule has 0 aromatic heterocycles. The Morgan fingerprint density at radius 2 is 1.42 bits per heavy atom. The predicted octanol–water partition coefficient (Wildman–Crippen LogP) is 4.56. The Kier molecular flexibility index (Phi) is 4.24. The fourth-order valence-corrected chi connectivity index (χ4v) is 33.7. The molecule has 0 aromatic rings. The first-order valence-corrected chi connectivity index (χ1v) is 17.4. The summed E-state index contributed by atoms with van der Waals surface area (Å²) in [5.41, 5.74) is 2.03. The van der Waals surface area contributed by atoms with Crippen LogP contribution in [0, 0.1) is 0 Å². The van der Waals surface area contributed by atoms with E-state index in [-0.39, 0.29) is 0 Å². The third-order valence-corrected chi connectivity index (χ3v) is 44.5. The van der Waals surface area contributed by atoms with E-state index >= 15 is 0 Å². The van der Waals surface area contributed by atoms with Crippen molar-refractivity contribution in [1.29, 1.82) is 0 Å². The SMILES string of the molecule is C=CC1C(C=C)(C=C)O[Si](C)(C=C)[Si](C)(C)[Si]1(C)C. The van der Waals surface area contributed by atoms with Crippen LogP contribution in [0.2, 0.25) is 38.3 Å². The Morgan fingerprint density at radius 3 is 1.74 bits per heavy atom. The van der Waals surface area contributed by atoms with Crippen LogP contribution < -0.4 is 0 Å². The summed E-state index contributed by atoms with van der Waals surface area (Å²) in [7, 11) is -4.98. The van der Waals surface area contributed by atoms with Gasteiger partial charge in [0.05, 0.1) is 20.3 Å². The summed E-state index contributed by atoms with van der Waals surface area (Å²) < 4.78 is 6.67. The molecule has 0 bridgehead atoms. The first-order chi connectivity index (χ1) is 8.58. The van der Waals surface area contributed by atoms with Crippen molar-refractivity contribution < 1.29 is 4.43 Å². The van der Waals surface area contributed by atoms with Crippen molar-refractivity contribution in [3.63, 3.8) is 0 Å². The monoisotopic (exact) mass is 308 g/mol. The third-order valence-electron chi connectivity index (χ3n) is 5.77. The lowest BCUT2D eigenvalue weighted by atomic mass is 10.00. The van der Waals surface area contributed by atoms with E-state index in [1.807, 2.05) is 12.2 Å². The van der Waals surface area contributed by atoms with E-state index in [0.717, 1.165) is 0 Å². The topological polar surface area (TPSA) is 9.23 Å². The minimum atomic E-state index is -1.93. The van der Waals surface area contributed by atoms with Crippen LogP contribution in [0.15, 0.2) is 50.2 Å². The minimum absolute atomic E-state index is 0.345. The smallest absolute Gasteiger partial charge is 0.198 e. The Morgan fingerprint density at radius 1 is 0.947 bits per heavy atom. The van der Waals surface area contributed by atoms with E-state index in [0.29, 0.717) is 5.54 Å². The first-order valence-electron chi connectivity index (χ1n) is 6.82. The summed E-state index contributed by atoms with van der Waals surface area (Å²) in [6.07, 6.45) is 5.94. The van der Waals surface area contributed by atoms with Gasteiger partial charge in [-0.1, -0.05) is 63.3 Å². The Bertz CT molecular complexity index is 417. The molecule has 0 spiro atoms. The van der Waals surface area contributed by atoms with Crippen LogP contribution in [-0.2, 0) is 4.43 Å². The van der Waals surface area contributed by atoms with Crippen LogP contribution >= 0.6 is 0 Å². The summed E-state index contributed by atoms with van der Waals surface area (Å²) in [4.78, 5) is 0. The zero-order chi connectivity index (χ0) is 15.1. The largest absolute Gasteiger partial charge is 0.404 e. The van der Waals surface area contributed by atoms with Gasteiger partial charge in [-0.05, 0) is 6.55 Å². The molecular formula is C15H28OSi3.